The molecule has 0 bridgehead atoms. The third kappa shape index (κ3) is 6.23. The molecule has 0 spiro atoms. The summed E-state index contributed by atoms with van der Waals surface area (Å²) in [5, 5.41) is 0. The fraction of sp³-hybridized carbons (Fsp3) is 0.939. The zero-order valence-corrected chi connectivity index (χ0v) is 24.0. The number of ketones is 1. The summed E-state index contributed by atoms with van der Waals surface area (Å²) in [5.41, 5.74) is 0.531. The van der Waals surface area contributed by atoms with Gasteiger partial charge in [0.1, 0.15) is 11.9 Å². The van der Waals surface area contributed by atoms with Crippen LogP contribution in [0.4, 0.5) is 0 Å². The summed E-state index contributed by atoms with van der Waals surface area (Å²) < 4.78 is 6.22. The number of ether oxygens (including phenoxy) is 1. The molecule has 0 aromatic heterocycles. The number of hydrogen-bond acceptors (Lipinski definition) is 3. The molecule has 0 amide bonds. The minimum absolute atomic E-state index is 0.0568. The molecule has 36 heavy (non-hydrogen) atoms. The number of unbranched alkanes of at least 4 members (excludes halogenated alkanes) is 10. The van der Waals surface area contributed by atoms with E-state index >= 15 is 0 Å². The molecule has 4 saturated carbocycles. The Hall–Kier alpha value is -0.860. The Morgan fingerprint density at radius 3 is 2.11 bits per heavy atom. The summed E-state index contributed by atoms with van der Waals surface area (Å²) in [6, 6.07) is 0. The Morgan fingerprint density at radius 1 is 0.778 bits per heavy atom. The van der Waals surface area contributed by atoms with Crippen LogP contribution in [-0.2, 0) is 14.3 Å². The second kappa shape index (κ2) is 12.8. The molecule has 0 heterocycles. The molecule has 0 aliphatic heterocycles. The number of esters is 1. The third-order valence-corrected chi connectivity index (χ3v) is 11.7. The molecule has 206 valence electrons. The first-order chi connectivity index (χ1) is 17.4. The molecular weight excluding hydrogens is 444 g/mol. The van der Waals surface area contributed by atoms with Crippen LogP contribution in [0.15, 0.2) is 0 Å². The van der Waals surface area contributed by atoms with Gasteiger partial charge in [0, 0.05) is 24.7 Å². The van der Waals surface area contributed by atoms with Crippen LogP contribution in [0.25, 0.3) is 0 Å². The van der Waals surface area contributed by atoms with Crippen LogP contribution < -0.4 is 0 Å². The van der Waals surface area contributed by atoms with Gasteiger partial charge in [-0.3, -0.25) is 9.59 Å². The van der Waals surface area contributed by atoms with Gasteiger partial charge >= 0.3 is 5.97 Å². The van der Waals surface area contributed by atoms with Crippen LogP contribution in [0.1, 0.15) is 156 Å². The minimum Gasteiger partial charge on any atom is -0.462 e. The molecule has 0 radical (unpaired) electrons. The largest absolute Gasteiger partial charge is 0.462 e. The van der Waals surface area contributed by atoms with E-state index in [4.69, 9.17) is 4.74 Å². The van der Waals surface area contributed by atoms with Gasteiger partial charge < -0.3 is 4.74 Å². The zero-order valence-electron chi connectivity index (χ0n) is 24.0. The van der Waals surface area contributed by atoms with E-state index in [1.54, 1.807) is 0 Å². The SMILES string of the molecule is CCCCCCCCCCCCCC(=O)O[C@@H]1CCC2C3CC[C@@H]4CC(=O)CC[C@]4(C)C3CC[C@@]21C. The monoisotopic (exact) mass is 500 g/mol. The normalized spacial score (nSPS) is 37.8. The molecule has 3 heteroatoms. The van der Waals surface area contributed by atoms with E-state index in [1.165, 1.54) is 96.3 Å². The highest BCUT2D eigenvalue weighted by Gasteiger charge is 2.61. The van der Waals surface area contributed by atoms with Crippen molar-refractivity contribution in [3.05, 3.63) is 0 Å². The maximum absolute atomic E-state index is 12.8. The lowest BCUT2D eigenvalue weighted by atomic mass is 9.45. The van der Waals surface area contributed by atoms with Crippen LogP contribution in [0.3, 0.4) is 0 Å². The summed E-state index contributed by atoms with van der Waals surface area (Å²) in [6.45, 7) is 7.24. The van der Waals surface area contributed by atoms with E-state index < -0.39 is 0 Å². The maximum Gasteiger partial charge on any atom is 0.306 e. The van der Waals surface area contributed by atoms with Crippen molar-refractivity contribution >= 4 is 11.8 Å². The van der Waals surface area contributed by atoms with Crippen molar-refractivity contribution in [1.29, 1.82) is 0 Å². The predicted molar refractivity (Wildman–Crippen MR) is 148 cm³/mol. The molecule has 7 atom stereocenters. The molecule has 4 aliphatic carbocycles. The summed E-state index contributed by atoms with van der Waals surface area (Å²) >= 11 is 0. The van der Waals surface area contributed by atoms with Crippen LogP contribution in [0.2, 0.25) is 0 Å². The fourth-order valence-electron chi connectivity index (χ4n) is 9.34. The Labute approximate surface area is 222 Å². The average Bonchev–Trinajstić information content (AvgIpc) is 3.19. The number of rotatable bonds is 13. The van der Waals surface area contributed by atoms with E-state index in [1.807, 2.05) is 0 Å². The summed E-state index contributed by atoms with van der Waals surface area (Å²) in [5.74, 6) is 3.42. The van der Waals surface area contributed by atoms with Crippen molar-refractivity contribution in [2.75, 3.05) is 0 Å². The maximum atomic E-state index is 12.8. The third-order valence-electron chi connectivity index (χ3n) is 11.7. The van der Waals surface area contributed by atoms with Gasteiger partial charge in [-0.1, -0.05) is 85.0 Å². The molecular formula is C33H56O3. The number of Topliss-reactive ketones (excluding diaryl/α,β-unsaturated/α-hetero) is 1. The first-order valence-corrected chi connectivity index (χ1v) is 16.1. The highest BCUT2D eigenvalue weighted by atomic mass is 16.5. The Morgan fingerprint density at radius 2 is 1.42 bits per heavy atom. The highest BCUT2D eigenvalue weighted by Crippen LogP contribution is 2.66. The van der Waals surface area contributed by atoms with Gasteiger partial charge in [0.25, 0.3) is 0 Å². The van der Waals surface area contributed by atoms with Crippen molar-refractivity contribution in [2.24, 2.45) is 34.5 Å². The number of fused-ring (bicyclic) bond motifs is 5. The quantitative estimate of drug-likeness (QED) is 0.187. The van der Waals surface area contributed by atoms with Crippen molar-refractivity contribution in [2.45, 2.75) is 162 Å². The topological polar surface area (TPSA) is 43.4 Å². The second-order valence-corrected chi connectivity index (χ2v) is 13.8. The first kappa shape index (κ1) is 28.2. The molecule has 4 aliphatic rings. The molecule has 0 aromatic rings. The van der Waals surface area contributed by atoms with Crippen LogP contribution in [0.5, 0.6) is 0 Å². The van der Waals surface area contributed by atoms with Gasteiger partial charge in [0.05, 0.1) is 0 Å². The van der Waals surface area contributed by atoms with E-state index in [0.29, 0.717) is 29.5 Å². The van der Waals surface area contributed by atoms with E-state index in [-0.39, 0.29) is 17.5 Å². The molecule has 0 N–H and O–H groups in total. The fourth-order valence-corrected chi connectivity index (χ4v) is 9.34. The number of hydrogen-bond donors (Lipinski definition) is 0. The van der Waals surface area contributed by atoms with E-state index in [0.717, 1.165) is 43.9 Å². The van der Waals surface area contributed by atoms with Gasteiger partial charge in [0.2, 0.25) is 0 Å². The van der Waals surface area contributed by atoms with Crippen molar-refractivity contribution in [3.8, 4) is 0 Å². The average molecular weight is 501 g/mol. The molecule has 0 aromatic carbocycles. The summed E-state index contributed by atoms with van der Waals surface area (Å²) in [6.07, 6.45) is 25.2. The van der Waals surface area contributed by atoms with Gasteiger partial charge in [-0.05, 0) is 80.5 Å². The first-order valence-electron chi connectivity index (χ1n) is 16.1. The molecule has 3 unspecified atom stereocenters. The second-order valence-electron chi connectivity index (χ2n) is 13.8. The molecule has 3 nitrogen and oxygen atoms in total. The Balaban J connectivity index is 1.16. The van der Waals surface area contributed by atoms with Crippen molar-refractivity contribution in [3.63, 3.8) is 0 Å². The van der Waals surface area contributed by atoms with Crippen LogP contribution in [0, 0.1) is 34.5 Å². The smallest absolute Gasteiger partial charge is 0.306 e. The standard InChI is InChI=1S/C33H56O3/c1-4-5-6-7-8-9-10-11-12-13-14-15-31(35)36-30-19-18-28-27-17-16-25-24-26(34)20-22-32(25,2)29(27)21-23-33(28,30)3/h25,27-30H,4-24H2,1-3H3/t25-,27?,28?,29?,30-,32+,33+/m1/s1. The van der Waals surface area contributed by atoms with Crippen molar-refractivity contribution < 1.29 is 14.3 Å². The van der Waals surface area contributed by atoms with Crippen LogP contribution in [-0.4, -0.2) is 17.9 Å². The lowest BCUT2D eigenvalue weighted by Gasteiger charge is -2.60. The summed E-state index contributed by atoms with van der Waals surface area (Å²) in [7, 11) is 0. The summed E-state index contributed by atoms with van der Waals surface area (Å²) in [4.78, 5) is 24.9. The molecule has 0 saturated heterocycles. The van der Waals surface area contributed by atoms with Crippen molar-refractivity contribution in [1.82, 2.24) is 0 Å². The molecule has 4 fully saturated rings. The highest BCUT2D eigenvalue weighted by molar-refractivity contribution is 5.79. The number of carbonyl (C=O) groups excluding carboxylic acids is 2. The number of carbonyl (C=O) groups is 2. The zero-order chi connectivity index (χ0) is 25.6. The lowest BCUT2D eigenvalue weighted by Crippen LogP contribution is -2.54. The van der Waals surface area contributed by atoms with Gasteiger partial charge in [-0.25, -0.2) is 0 Å². The minimum atomic E-state index is 0.0568. The Kier molecular flexibility index (Phi) is 10.0. The predicted octanol–water partition coefficient (Wildman–Crippen LogP) is 9.21. The van der Waals surface area contributed by atoms with Gasteiger partial charge in [-0.15, -0.1) is 0 Å². The van der Waals surface area contributed by atoms with E-state index in [9.17, 15) is 9.59 Å². The Bertz CT molecular complexity index is 730. The van der Waals surface area contributed by atoms with Crippen LogP contribution >= 0.6 is 0 Å². The van der Waals surface area contributed by atoms with Gasteiger partial charge in [0.15, 0.2) is 0 Å². The van der Waals surface area contributed by atoms with E-state index in [2.05, 4.69) is 20.8 Å². The van der Waals surface area contributed by atoms with Gasteiger partial charge in [-0.2, -0.15) is 0 Å². The molecule has 4 rings (SSSR count). The lowest BCUT2D eigenvalue weighted by molar-refractivity contribution is -0.164.